The van der Waals surface area contributed by atoms with Crippen LogP contribution in [0.4, 0.5) is 0 Å². The molecule has 1 aromatic carbocycles. The van der Waals surface area contributed by atoms with Gasteiger partial charge < -0.3 is 9.47 Å². The maximum absolute atomic E-state index is 11.1. The zero-order chi connectivity index (χ0) is 11.3. The van der Waals surface area contributed by atoms with Crippen molar-refractivity contribution in [3.05, 3.63) is 29.8 Å². The molecule has 16 heavy (non-hydrogen) atoms. The molecule has 88 valence electrons. The average molecular weight is 224 g/mol. The minimum Gasteiger partial charge on any atom is -0.454 e. The fraction of sp³-hybridized carbons (Fsp3) is 0.333. The molecule has 0 radical (unpaired) electrons. The van der Waals surface area contributed by atoms with E-state index in [1.807, 2.05) is 19.1 Å². The second-order valence-corrected chi connectivity index (χ2v) is 3.07. The van der Waals surface area contributed by atoms with Crippen molar-refractivity contribution in [1.29, 1.82) is 0 Å². The van der Waals surface area contributed by atoms with Gasteiger partial charge in [0.25, 0.3) is 0 Å². The molecule has 1 aromatic rings. The maximum atomic E-state index is 11.1. The van der Waals surface area contributed by atoms with E-state index < -0.39 is 11.9 Å². The molecular formula is C12H16O4. The van der Waals surface area contributed by atoms with E-state index in [1.165, 1.54) is 6.92 Å². The van der Waals surface area contributed by atoms with Crippen LogP contribution in [0.25, 0.3) is 0 Å². The second kappa shape index (κ2) is 6.61. The molecule has 0 aliphatic heterocycles. The fourth-order valence-electron chi connectivity index (χ4n) is 0.928. The summed E-state index contributed by atoms with van der Waals surface area (Å²) in [5.74, 6) is -0.650. The van der Waals surface area contributed by atoms with Crippen LogP contribution in [0.15, 0.2) is 24.3 Å². The molecule has 0 atom stereocenters. The van der Waals surface area contributed by atoms with Gasteiger partial charge in [-0.15, -0.1) is 0 Å². The summed E-state index contributed by atoms with van der Waals surface area (Å²) in [4.78, 5) is 21.5. The zero-order valence-corrected chi connectivity index (χ0v) is 8.65. The van der Waals surface area contributed by atoms with Crippen molar-refractivity contribution in [3.8, 4) is 5.75 Å². The van der Waals surface area contributed by atoms with Crippen molar-refractivity contribution < 1.29 is 19.1 Å². The third-order valence-electron chi connectivity index (χ3n) is 1.65. The number of carbonyl (C=O) groups is 2. The van der Waals surface area contributed by atoms with Crippen LogP contribution in [0, 0.1) is 6.92 Å². The number of rotatable bonds is 3. The molecule has 1 rings (SSSR count). The molecule has 4 heteroatoms. The van der Waals surface area contributed by atoms with Gasteiger partial charge in [-0.05, 0) is 19.1 Å². The quantitative estimate of drug-likeness (QED) is 0.582. The standard InChI is InChI=1S/C11H12O4.CH4/c1-8-3-5-10(6-4-8)15-11(13)7-14-9(2)12;/h3-6H,7H2,1-2H3;1H4. The number of carbonyl (C=O) groups excluding carboxylic acids is 2. The number of esters is 2. The third-order valence-corrected chi connectivity index (χ3v) is 1.65. The Morgan fingerprint density at radius 2 is 1.75 bits per heavy atom. The normalized spacial score (nSPS) is 8.88. The molecule has 0 aromatic heterocycles. The number of ether oxygens (including phenoxy) is 2. The SMILES string of the molecule is C.CC(=O)OCC(=O)Oc1ccc(C)cc1. The molecular weight excluding hydrogens is 208 g/mol. The zero-order valence-electron chi connectivity index (χ0n) is 8.65. The van der Waals surface area contributed by atoms with Gasteiger partial charge in [0.2, 0.25) is 0 Å². The van der Waals surface area contributed by atoms with Crippen LogP contribution in [0.3, 0.4) is 0 Å². The molecule has 0 unspecified atom stereocenters. The lowest BCUT2D eigenvalue weighted by Crippen LogP contribution is -2.17. The molecule has 0 amide bonds. The van der Waals surface area contributed by atoms with Crippen LogP contribution in [0.1, 0.15) is 19.9 Å². The molecule has 0 saturated heterocycles. The minimum absolute atomic E-state index is 0. The van der Waals surface area contributed by atoms with Crippen LogP contribution in [0.2, 0.25) is 0 Å². The number of hydrogen-bond acceptors (Lipinski definition) is 4. The van der Waals surface area contributed by atoms with Crippen LogP contribution in [0.5, 0.6) is 5.75 Å². The Labute approximate surface area is 95.2 Å². The molecule has 0 fully saturated rings. The van der Waals surface area contributed by atoms with Gasteiger partial charge >= 0.3 is 11.9 Å². The molecule has 0 aliphatic rings. The summed E-state index contributed by atoms with van der Waals surface area (Å²) in [7, 11) is 0. The highest BCUT2D eigenvalue weighted by molar-refractivity contribution is 5.77. The fourth-order valence-corrected chi connectivity index (χ4v) is 0.928. The van der Waals surface area contributed by atoms with Crippen molar-refractivity contribution in [3.63, 3.8) is 0 Å². The Bertz CT molecular complexity index is 354. The second-order valence-electron chi connectivity index (χ2n) is 3.07. The lowest BCUT2D eigenvalue weighted by Gasteiger charge is -2.04. The number of benzene rings is 1. The summed E-state index contributed by atoms with van der Waals surface area (Å²) >= 11 is 0. The number of hydrogen-bond donors (Lipinski definition) is 0. The van der Waals surface area contributed by atoms with Crippen molar-refractivity contribution in [2.24, 2.45) is 0 Å². The van der Waals surface area contributed by atoms with E-state index in [2.05, 4.69) is 4.74 Å². The largest absolute Gasteiger partial charge is 0.454 e. The predicted octanol–water partition coefficient (Wildman–Crippen LogP) is 2.10. The van der Waals surface area contributed by atoms with Crippen LogP contribution in [-0.4, -0.2) is 18.5 Å². The highest BCUT2D eigenvalue weighted by atomic mass is 16.6. The van der Waals surface area contributed by atoms with Crippen LogP contribution >= 0.6 is 0 Å². The Balaban J connectivity index is 0.00000225. The number of aryl methyl sites for hydroxylation is 1. The van der Waals surface area contributed by atoms with E-state index in [4.69, 9.17) is 4.74 Å². The van der Waals surface area contributed by atoms with E-state index in [9.17, 15) is 9.59 Å². The summed E-state index contributed by atoms with van der Waals surface area (Å²) in [6.07, 6.45) is 0. The Kier molecular flexibility index (Phi) is 5.85. The summed E-state index contributed by atoms with van der Waals surface area (Å²) in [5, 5.41) is 0. The van der Waals surface area contributed by atoms with Gasteiger partial charge in [0.1, 0.15) is 5.75 Å². The molecule has 0 bridgehead atoms. The molecule has 0 N–H and O–H groups in total. The highest BCUT2D eigenvalue weighted by Crippen LogP contribution is 2.11. The third kappa shape index (κ3) is 5.14. The molecule has 0 saturated carbocycles. The Morgan fingerprint density at radius 3 is 2.25 bits per heavy atom. The Hall–Kier alpha value is -1.84. The topological polar surface area (TPSA) is 52.6 Å². The summed E-state index contributed by atoms with van der Waals surface area (Å²) in [6, 6.07) is 7.02. The van der Waals surface area contributed by atoms with Crippen molar-refractivity contribution in [2.75, 3.05) is 6.61 Å². The van der Waals surface area contributed by atoms with Crippen molar-refractivity contribution in [1.82, 2.24) is 0 Å². The highest BCUT2D eigenvalue weighted by Gasteiger charge is 2.06. The van der Waals surface area contributed by atoms with Crippen molar-refractivity contribution >= 4 is 11.9 Å². The first kappa shape index (κ1) is 14.2. The van der Waals surface area contributed by atoms with Gasteiger partial charge in [0.15, 0.2) is 6.61 Å². The van der Waals surface area contributed by atoms with E-state index in [1.54, 1.807) is 12.1 Å². The van der Waals surface area contributed by atoms with Gasteiger partial charge in [0.05, 0.1) is 0 Å². The Morgan fingerprint density at radius 1 is 1.19 bits per heavy atom. The predicted molar refractivity (Wildman–Crippen MR) is 60.2 cm³/mol. The lowest BCUT2D eigenvalue weighted by atomic mass is 10.2. The van der Waals surface area contributed by atoms with E-state index in [0.29, 0.717) is 5.75 Å². The smallest absolute Gasteiger partial charge is 0.349 e. The van der Waals surface area contributed by atoms with Gasteiger partial charge in [-0.2, -0.15) is 0 Å². The monoisotopic (exact) mass is 224 g/mol. The lowest BCUT2D eigenvalue weighted by molar-refractivity contribution is -0.152. The molecule has 0 heterocycles. The first-order chi connectivity index (χ1) is 7.08. The summed E-state index contributed by atoms with van der Waals surface area (Å²) in [5.41, 5.74) is 1.08. The molecule has 4 nitrogen and oxygen atoms in total. The van der Waals surface area contributed by atoms with E-state index in [0.717, 1.165) is 5.56 Å². The van der Waals surface area contributed by atoms with E-state index >= 15 is 0 Å². The van der Waals surface area contributed by atoms with Crippen LogP contribution < -0.4 is 4.74 Å². The first-order valence-electron chi connectivity index (χ1n) is 4.48. The van der Waals surface area contributed by atoms with Gasteiger partial charge in [0, 0.05) is 6.92 Å². The minimum atomic E-state index is -0.589. The van der Waals surface area contributed by atoms with Gasteiger partial charge in [-0.25, -0.2) is 4.79 Å². The average Bonchev–Trinajstić information content (AvgIpc) is 2.19. The van der Waals surface area contributed by atoms with Gasteiger partial charge in [-0.1, -0.05) is 25.1 Å². The van der Waals surface area contributed by atoms with Crippen LogP contribution in [-0.2, 0) is 14.3 Å². The maximum Gasteiger partial charge on any atom is 0.349 e. The van der Waals surface area contributed by atoms with Gasteiger partial charge in [-0.3, -0.25) is 4.79 Å². The molecule has 0 spiro atoms. The van der Waals surface area contributed by atoms with Crippen molar-refractivity contribution in [2.45, 2.75) is 21.3 Å². The summed E-state index contributed by atoms with van der Waals surface area (Å²) < 4.78 is 9.39. The van der Waals surface area contributed by atoms with E-state index in [-0.39, 0.29) is 14.0 Å². The summed E-state index contributed by atoms with van der Waals surface area (Å²) in [6.45, 7) is 2.81. The molecule has 0 aliphatic carbocycles. The first-order valence-corrected chi connectivity index (χ1v) is 4.48.